The average Bonchev–Trinajstić information content (AvgIpc) is 2.58. The van der Waals surface area contributed by atoms with Gasteiger partial charge in [0.2, 0.25) is 5.88 Å². The third-order valence-electron chi connectivity index (χ3n) is 1.84. The van der Waals surface area contributed by atoms with Crippen molar-refractivity contribution in [1.82, 2.24) is 5.16 Å². The standard InChI is InChI=1S/C9H6ClFN2O2/c10-5-1-4(6(11)2-8(5)14)7-3-9(12)15-13-7/h1-3,14H,12H2. The van der Waals surface area contributed by atoms with Crippen LogP contribution in [0.2, 0.25) is 5.02 Å². The van der Waals surface area contributed by atoms with Gasteiger partial charge in [-0.15, -0.1) is 0 Å². The van der Waals surface area contributed by atoms with Gasteiger partial charge >= 0.3 is 0 Å². The highest BCUT2D eigenvalue weighted by Gasteiger charge is 2.13. The van der Waals surface area contributed by atoms with E-state index in [4.69, 9.17) is 22.4 Å². The Kier molecular flexibility index (Phi) is 2.24. The van der Waals surface area contributed by atoms with Gasteiger partial charge in [-0.1, -0.05) is 16.8 Å². The lowest BCUT2D eigenvalue weighted by molar-refractivity contribution is 0.438. The Labute approximate surface area is 89.1 Å². The molecule has 0 bridgehead atoms. The number of benzene rings is 1. The van der Waals surface area contributed by atoms with Crippen LogP contribution < -0.4 is 5.73 Å². The topological polar surface area (TPSA) is 72.3 Å². The second-order valence-electron chi connectivity index (χ2n) is 2.90. The normalized spacial score (nSPS) is 10.5. The maximum atomic E-state index is 13.4. The summed E-state index contributed by atoms with van der Waals surface area (Å²) in [6.07, 6.45) is 0. The fraction of sp³-hybridized carbons (Fsp3) is 0. The summed E-state index contributed by atoms with van der Waals surface area (Å²) in [6.45, 7) is 0. The van der Waals surface area contributed by atoms with E-state index in [0.29, 0.717) is 0 Å². The molecule has 0 fully saturated rings. The molecule has 0 aliphatic rings. The molecular weight excluding hydrogens is 223 g/mol. The number of phenols is 1. The minimum Gasteiger partial charge on any atom is -0.506 e. The molecule has 3 N–H and O–H groups in total. The number of hydrogen-bond acceptors (Lipinski definition) is 4. The highest BCUT2D eigenvalue weighted by molar-refractivity contribution is 6.32. The summed E-state index contributed by atoms with van der Waals surface area (Å²) in [7, 11) is 0. The first-order valence-electron chi connectivity index (χ1n) is 3.98. The Bertz CT molecular complexity index is 513. The summed E-state index contributed by atoms with van der Waals surface area (Å²) >= 11 is 5.64. The second kappa shape index (κ2) is 3.43. The number of rotatable bonds is 1. The SMILES string of the molecule is Nc1cc(-c2cc(Cl)c(O)cc2F)no1. The first-order valence-corrected chi connectivity index (χ1v) is 4.36. The fourth-order valence-electron chi connectivity index (χ4n) is 1.15. The molecule has 2 aromatic rings. The lowest BCUT2D eigenvalue weighted by Crippen LogP contribution is -1.85. The molecule has 78 valence electrons. The quantitative estimate of drug-likeness (QED) is 0.786. The van der Waals surface area contributed by atoms with E-state index in [2.05, 4.69) is 9.68 Å². The van der Waals surface area contributed by atoms with Crippen LogP contribution in [0.3, 0.4) is 0 Å². The van der Waals surface area contributed by atoms with Crippen molar-refractivity contribution in [2.24, 2.45) is 0 Å². The van der Waals surface area contributed by atoms with Crippen LogP contribution in [0.4, 0.5) is 10.3 Å². The van der Waals surface area contributed by atoms with Gasteiger partial charge in [-0.2, -0.15) is 0 Å². The molecule has 0 radical (unpaired) electrons. The predicted molar refractivity (Wildman–Crippen MR) is 53.0 cm³/mol. The molecular formula is C9H6ClFN2O2. The molecule has 1 aromatic heterocycles. The van der Waals surface area contributed by atoms with Gasteiger partial charge in [0, 0.05) is 17.7 Å². The maximum absolute atomic E-state index is 13.4. The van der Waals surface area contributed by atoms with E-state index in [1.54, 1.807) is 0 Å². The molecule has 2 rings (SSSR count). The molecule has 0 aliphatic carbocycles. The lowest BCUT2D eigenvalue weighted by Gasteiger charge is -2.01. The van der Waals surface area contributed by atoms with Crippen LogP contribution in [0.5, 0.6) is 5.75 Å². The number of nitrogens with two attached hydrogens (primary N) is 1. The lowest BCUT2D eigenvalue weighted by atomic mass is 10.1. The van der Waals surface area contributed by atoms with Crippen molar-refractivity contribution in [2.45, 2.75) is 0 Å². The van der Waals surface area contributed by atoms with E-state index in [1.807, 2.05) is 0 Å². The van der Waals surface area contributed by atoms with Crippen molar-refractivity contribution in [3.63, 3.8) is 0 Å². The van der Waals surface area contributed by atoms with E-state index < -0.39 is 5.82 Å². The molecule has 6 heteroatoms. The van der Waals surface area contributed by atoms with Gasteiger partial charge in [0.1, 0.15) is 17.3 Å². The largest absolute Gasteiger partial charge is 0.506 e. The molecule has 0 aliphatic heterocycles. The Morgan fingerprint density at radius 3 is 2.73 bits per heavy atom. The van der Waals surface area contributed by atoms with Crippen LogP contribution in [0.25, 0.3) is 11.3 Å². The van der Waals surface area contributed by atoms with E-state index in [0.717, 1.165) is 6.07 Å². The van der Waals surface area contributed by atoms with Crippen LogP contribution >= 0.6 is 11.6 Å². The van der Waals surface area contributed by atoms with Crippen LogP contribution in [0, 0.1) is 5.82 Å². The van der Waals surface area contributed by atoms with Crippen LogP contribution in [-0.2, 0) is 0 Å². The summed E-state index contributed by atoms with van der Waals surface area (Å²) in [5.74, 6) is -0.895. The number of aromatic hydroxyl groups is 1. The van der Waals surface area contributed by atoms with Crippen molar-refractivity contribution < 1.29 is 14.0 Å². The fourth-order valence-corrected chi connectivity index (χ4v) is 1.31. The van der Waals surface area contributed by atoms with Crippen molar-refractivity contribution in [3.05, 3.63) is 29.0 Å². The summed E-state index contributed by atoms with van der Waals surface area (Å²) in [5.41, 5.74) is 5.65. The summed E-state index contributed by atoms with van der Waals surface area (Å²) in [5, 5.41) is 12.7. The van der Waals surface area contributed by atoms with E-state index in [9.17, 15) is 4.39 Å². The summed E-state index contributed by atoms with van der Waals surface area (Å²) < 4.78 is 18.0. The first kappa shape index (κ1) is 9.79. The Balaban J connectivity index is 2.58. The summed E-state index contributed by atoms with van der Waals surface area (Å²) in [6, 6.07) is 3.53. The minimum absolute atomic E-state index is 0.0352. The molecule has 15 heavy (non-hydrogen) atoms. The zero-order valence-electron chi connectivity index (χ0n) is 7.37. The number of nitrogen functional groups attached to an aromatic ring is 1. The van der Waals surface area contributed by atoms with E-state index in [1.165, 1.54) is 12.1 Å². The highest BCUT2D eigenvalue weighted by Crippen LogP contribution is 2.32. The predicted octanol–water partition coefficient (Wildman–Crippen LogP) is 2.42. The Morgan fingerprint density at radius 2 is 2.13 bits per heavy atom. The molecule has 0 saturated heterocycles. The van der Waals surface area contributed by atoms with Crippen LogP contribution in [0.1, 0.15) is 0 Å². The van der Waals surface area contributed by atoms with Crippen LogP contribution in [0.15, 0.2) is 22.7 Å². The minimum atomic E-state index is -0.648. The maximum Gasteiger partial charge on any atom is 0.222 e. The average molecular weight is 229 g/mol. The zero-order valence-corrected chi connectivity index (χ0v) is 8.12. The van der Waals surface area contributed by atoms with Crippen molar-refractivity contribution in [1.29, 1.82) is 0 Å². The third-order valence-corrected chi connectivity index (χ3v) is 2.14. The van der Waals surface area contributed by atoms with Gasteiger partial charge in [-0.05, 0) is 6.07 Å². The molecule has 4 nitrogen and oxygen atoms in total. The third kappa shape index (κ3) is 1.73. The number of halogens is 2. The molecule has 0 atom stereocenters. The Morgan fingerprint density at radius 1 is 1.40 bits per heavy atom. The molecule has 1 heterocycles. The molecule has 0 saturated carbocycles. The van der Waals surface area contributed by atoms with Crippen molar-refractivity contribution in [3.8, 4) is 17.0 Å². The number of phenolic OH excluding ortho intramolecular Hbond substituents is 1. The number of anilines is 1. The smallest absolute Gasteiger partial charge is 0.222 e. The van der Waals surface area contributed by atoms with E-state index in [-0.39, 0.29) is 27.9 Å². The first-order chi connectivity index (χ1) is 7.08. The monoisotopic (exact) mass is 228 g/mol. The van der Waals surface area contributed by atoms with E-state index >= 15 is 0 Å². The highest BCUT2D eigenvalue weighted by atomic mass is 35.5. The van der Waals surface area contributed by atoms with Crippen molar-refractivity contribution >= 4 is 17.5 Å². The van der Waals surface area contributed by atoms with Crippen molar-refractivity contribution in [2.75, 3.05) is 5.73 Å². The van der Waals surface area contributed by atoms with Gasteiger partial charge in [0.15, 0.2) is 0 Å². The Hall–Kier alpha value is -1.75. The molecule has 0 amide bonds. The van der Waals surface area contributed by atoms with Gasteiger partial charge in [0.25, 0.3) is 0 Å². The second-order valence-corrected chi connectivity index (χ2v) is 3.31. The number of nitrogens with zero attached hydrogens (tertiary/aromatic N) is 1. The number of hydrogen-bond donors (Lipinski definition) is 2. The zero-order chi connectivity index (χ0) is 11.0. The summed E-state index contributed by atoms with van der Waals surface area (Å²) in [4.78, 5) is 0. The van der Waals surface area contributed by atoms with Crippen LogP contribution in [-0.4, -0.2) is 10.3 Å². The van der Waals surface area contributed by atoms with Gasteiger partial charge in [-0.3, -0.25) is 0 Å². The van der Waals surface area contributed by atoms with Gasteiger partial charge in [-0.25, -0.2) is 4.39 Å². The van der Waals surface area contributed by atoms with Gasteiger partial charge < -0.3 is 15.4 Å². The molecule has 0 spiro atoms. The van der Waals surface area contributed by atoms with Gasteiger partial charge in [0.05, 0.1) is 5.02 Å². The number of aromatic nitrogens is 1. The molecule has 1 aromatic carbocycles. The molecule has 0 unspecified atom stereocenters.